The van der Waals surface area contributed by atoms with Crippen molar-refractivity contribution in [3.05, 3.63) is 0 Å². The van der Waals surface area contributed by atoms with E-state index in [1.54, 1.807) is 0 Å². The van der Waals surface area contributed by atoms with Gasteiger partial charge in [-0.2, -0.15) is 0 Å². The number of fused-ring (bicyclic) bond motifs is 4. The van der Waals surface area contributed by atoms with Crippen molar-refractivity contribution in [1.82, 2.24) is 16.3 Å². The second-order valence-corrected chi connectivity index (χ2v) is 5.31. The summed E-state index contributed by atoms with van der Waals surface area (Å²) in [6.45, 7) is 0. The predicted molar refractivity (Wildman–Crippen MR) is 51.0 cm³/mol. The van der Waals surface area contributed by atoms with E-state index in [0.29, 0.717) is 24.2 Å². The first-order valence-corrected chi connectivity index (χ1v) is 5.95. The smallest absolute Gasteiger partial charge is 0.157 e. The molecule has 4 heteroatoms. The normalized spacial score (nSPS) is 60.0. The minimum Gasteiger partial charge on any atom is -0.254 e. The standard InChI is InChI=1S/C10H18N4/c1-2-6-10-8-4-3-7(13-14-8)9(10)5(1)11-12-6/h5-14H,1-4H2/q+1/t5-,6+,7+,8-,9?,10?. The number of hydrogen-bond acceptors (Lipinski definition) is 4. The predicted octanol–water partition coefficient (Wildman–Crippen LogP) is -1.74. The van der Waals surface area contributed by atoms with Gasteiger partial charge in [0.15, 0.2) is 6.04 Å². The third-order valence-corrected chi connectivity index (χ3v) is 4.79. The molecule has 4 aliphatic heterocycles. The summed E-state index contributed by atoms with van der Waals surface area (Å²) in [5, 5.41) is 0. The first-order chi connectivity index (χ1) is 6.93. The van der Waals surface area contributed by atoms with Crippen LogP contribution in [-0.2, 0) is 0 Å². The summed E-state index contributed by atoms with van der Waals surface area (Å²) in [6.07, 6.45) is 5.46. The molecule has 14 heavy (non-hydrogen) atoms. The van der Waals surface area contributed by atoms with Crippen LogP contribution in [0.1, 0.15) is 25.7 Å². The van der Waals surface area contributed by atoms with Crippen molar-refractivity contribution in [2.24, 2.45) is 11.8 Å². The summed E-state index contributed by atoms with van der Waals surface area (Å²) < 4.78 is 0. The van der Waals surface area contributed by atoms with E-state index in [9.17, 15) is 0 Å². The first kappa shape index (κ1) is 8.05. The van der Waals surface area contributed by atoms with Crippen LogP contribution in [-0.4, -0.2) is 24.2 Å². The van der Waals surface area contributed by atoms with E-state index < -0.39 is 0 Å². The zero-order valence-corrected chi connectivity index (χ0v) is 8.29. The zero-order chi connectivity index (χ0) is 9.12. The van der Waals surface area contributed by atoms with Crippen LogP contribution in [0.3, 0.4) is 0 Å². The van der Waals surface area contributed by atoms with Crippen LogP contribution in [0.25, 0.3) is 0 Å². The summed E-state index contributed by atoms with van der Waals surface area (Å²) in [4.78, 5) is 0. The molecule has 4 heterocycles. The van der Waals surface area contributed by atoms with Gasteiger partial charge in [-0.05, 0) is 19.3 Å². The van der Waals surface area contributed by atoms with E-state index in [-0.39, 0.29) is 0 Å². The Labute approximate surface area is 84.1 Å². The second-order valence-electron chi connectivity index (χ2n) is 5.31. The Morgan fingerprint density at radius 2 is 1.50 bits per heavy atom. The maximum Gasteiger partial charge on any atom is 0.157 e. The molecule has 1 radical (unpaired) electrons. The van der Waals surface area contributed by atoms with Gasteiger partial charge < -0.3 is 0 Å². The summed E-state index contributed by atoms with van der Waals surface area (Å²) in [7, 11) is 0. The Kier molecular flexibility index (Phi) is 1.55. The van der Waals surface area contributed by atoms with Crippen LogP contribution < -0.4 is 21.7 Å². The average Bonchev–Trinajstić information content (AvgIpc) is 2.32. The Balaban J connectivity index is 1.73. The quantitative estimate of drug-likeness (QED) is 0.370. The highest BCUT2D eigenvalue weighted by Gasteiger charge is 2.58. The van der Waals surface area contributed by atoms with Crippen molar-refractivity contribution < 1.29 is 5.43 Å². The van der Waals surface area contributed by atoms with Crippen molar-refractivity contribution in [1.29, 1.82) is 0 Å². The van der Waals surface area contributed by atoms with Crippen LogP contribution in [0, 0.1) is 11.8 Å². The topological polar surface area (TPSA) is 51.7 Å². The third-order valence-electron chi connectivity index (χ3n) is 4.79. The lowest BCUT2D eigenvalue weighted by Crippen LogP contribution is -3.07. The summed E-state index contributed by atoms with van der Waals surface area (Å²) in [5.41, 5.74) is 13.9. The largest absolute Gasteiger partial charge is 0.254 e. The van der Waals surface area contributed by atoms with Crippen LogP contribution in [0.2, 0.25) is 0 Å². The monoisotopic (exact) mass is 194 g/mol. The molecule has 4 saturated heterocycles. The van der Waals surface area contributed by atoms with Crippen molar-refractivity contribution in [2.75, 3.05) is 0 Å². The van der Waals surface area contributed by atoms with E-state index in [1.807, 2.05) is 0 Å². The van der Waals surface area contributed by atoms with Gasteiger partial charge in [-0.1, -0.05) is 5.43 Å². The molecule has 2 aliphatic carbocycles. The molecular formula is C10H18N4+. The van der Waals surface area contributed by atoms with Gasteiger partial charge in [0.2, 0.25) is 0 Å². The minimum absolute atomic E-state index is 0.715. The van der Waals surface area contributed by atoms with Gasteiger partial charge in [-0.3, -0.25) is 10.9 Å². The molecule has 6 fully saturated rings. The molecule has 6 rings (SSSR count). The van der Waals surface area contributed by atoms with E-state index in [2.05, 4.69) is 21.7 Å². The maximum absolute atomic E-state index is 3.48. The Bertz CT molecular complexity index is 191. The van der Waals surface area contributed by atoms with Gasteiger partial charge in [0.1, 0.15) is 0 Å². The lowest BCUT2D eigenvalue weighted by molar-refractivity contribution is -0.776. The van der Waals surface area contributed by atoms with Gasteiger partial charge in [-0.15, -0.1) is 5.43 Å². The van der Waals surface area contributed by atoms with E-state index in [4.69, 9.17) is 0 Å². The molecule has 0 aromatic rings. The van der Waals surface area contributed by atoms with E-state index in [0.717, 1.165) is 11.8 Å². The van der Waals surface area contributed by atoms with Gasteiger partial charge in [0.25, 0.3) is 0 Å². The van der Waals surface area contributed by atoms with Gasteiger partial charge in [0, 0.05) is 30.3 Å². The number of hydrogen-bond donors (Lipinski definition) is 4. The van der Waals surface area contributed by atoms with Crippen LogP contribution >= 0.6 is 0 Å². The lowest BCUT2D eigenvalue weighted by atomic mass is 9.60. The SMILES string of the molecule is C1C[C@H]2[NH+]N[C@@H]1C1C2[C@@H]2CC[C@H]1NN2. The fraction of sp³-hybridized carbons (Fsp3) is 1.00. The second kappa shape index (κ2) is 2.70. The molecule has 4 N–H and O–H groups in total. The molecule has 6 aliphatic rings. The Morgan fingerprint density at radius 1 is 0.786 bits per heavy atom. The Morgan fingerprint density at radius 3 is 2.07 bits per heavy atom. The molecule has 4 bridgehead atoms. The first-order valence-electron chi connectivity index (χ1n) is 5.95. The van der Waals surface area contributed by atoms with Gasteiger partial charge in [-0.25, -0.2) is 0 Å². The molecule has 77 valence electrons. The van der Waals surface area contributed by atoms with Gasteiger partial charge in [0.05, 0.1) is 6.04 Å². The highest BCUT2D eigenvalue weighted by atomic mass is 15.5. The van der Waals surface area contributed by atoms with Gasteiger partial charge >= 0.3 is 0 Å². The molecule has 2 unspecified atom stereocenters. The van der Waals surface area contributed by atoms with Crippen LogP contribution in [0.4, 0.5) is 0 Å². The van der Waals surface area contributed by atoms with Crippen molar-refractivity contribution in [3.63, 3.8) is 0 Å². The van der Waals surface area contributed by atoms with Crippen LogP contribution in [0.15, 0.2) is 0 Å². The van der Waals surface area contributed by atoms with E-state index >= 15 is 0 Å². The lowest BCUT2D eigenvalue weighted by Gasteiger charge is -2.56. The fourth-order valence-corrected chi connectivity index (χ4v) is 4.22. The Hall–Kier alpha value is -0.160. The molecule has 6 atom stereocenters. The molecule has 0 aromatic carbocycles. The number of hydrazine groups is 2. The zero-order valence-electron chi connectivity index (χ0n) is 8.29. The molecule has 0 spiro atoms. The summed E-state index contributed by atoms with van der Waals surface area (Å²) in [5.74, 6) is 1.74. The van der Waals surface area contributed by atoms with Crippen molar-refractivity contribution in [3.8, 4) is 0 Å². The molecular weight excluding hydrogens is 176 g/mol. The van der Waals surface area contributed by atoms with Crippen LogP contribution in [0.5, 0.6) is 0 Å². The summed E-state index contributed by atoms with van der Waals surface area (Å²) in [6, 6.07) is 2.86. The third kappa shape index (κ3) is 0.877. The minimum atomic E-state index is 0.715. The van der Waals surface area contributed by atoms with Crippen molar-refractivity contribution >= 4 is 0 Å². The molecule has 4 nitrogen and oxygen atoms in total. The highest BCUT2D eigenvalue weighted by molar-refractivity contribution is 5.07. The maximum atomic E-state index is 3.48. The highest BCUT2D eigenvalue weighted by Crippen LogP contribution is 2.43. The molecule has 0 aromatic heterocycles. The average molecular weight is 194 g/mol. The van der Waals surface area contributed by atoms with E-state index in [1.165, 1.54) is 25.7 Å². The molecule has 2 saturated carbocycles. The summed E-state index contributed by atoms with van der Waals surface area (Å²) >= 11 is 0. The van der Waals surface area contributed by atoms with Crippen molar-refractivity contribution in [2.45, 2.75) is 49.9 Å². The fourth-order valence-electron chi connectivity index (χ4n) is 4.22. The number of rotatable bonds is 0. The molecule has 0 amide bonds. The number of nitrogens with one attached hydrogen (secondary N) is 4.